The van der Waals surface area contributed by atoms with Crippen LogP contribution in [0.5, 0.6) is 0 Å². The van der Waals surface area contributed by atoms with Crippen LogP contribution in [0, 0.1) is 0 Å². The van der Waals surface area contributed by atoms with Crippen LogP contribution >= 0.6 is 11.8 Å². The Bertz CT molecular complexity index is 785. The predicted octanol–water partition coefficient (Wildman–Crippen LogP) is 3.02. The van der Waals surface area contributed by atoms with E-state index >= 15 is 0 Å². The summed E-state index contributed by atoms with van der Waals surface area (Å²) in [6.45, 7) is 4.93. The molecule has 2 amide bonds. The zero-order valence-electron chi connectivity index (χ0n) is 18.4. The molecule has 0 bridgehead atoms. The lowest BCUT2D eigenvalue weighted by Crippen LogP contribution is -2.56. The number of carbonyl (C=O) groups excluding carboxylic acids is 3. The minimum atomic E-state index is -1.06. The molecular weight excluding hydrogens is 416 g/mol. The van der Waals surface area contributed by atoms with Crippen LogP contribution in [0.2, 0.25) is 0 Å². The summed E-state index contributed by atoms with van der Waals surface area (Å²) in [5.74, 6) is -1.79. The molecule has 1 unspecified atom stereocenters. The Morgan fingerprint density at radius 3 is 2.48 bits per heavy atom. The summed E-state index contributed by atoms with van der Waals surface area (Å²) in [6.07, 6.45) is 3.81. The maximum absolute atomic E-state index is 13.3. The van der Waals surface area contributed by atoms with E-state index < -0.39 is 23.3 Å². The van der Waals surface area contributed by atoms with Crippen LogP contribution in [0.4, 0.5) is 0 Å². The second-order valence-corrected chi connectivity index (χ2v) is 9.36. The Kier molecular flexibility index (Phi) is 9.55. The van der Waals surface area contributed by atoms with Gasteiger partial charge in [-0.05, 0) is 44.6 Å². The van der Waals surface area contributed by atoms with E-state index in [-0.39, 0.29) is 23.0 Å². The molecule has 2 N–H and O–H groups in total. The molecule has 1 aliphatic heterocycles. The first-order valence-electron chi connectivity index (χ1n) is 10.8. The minimum Gasteiger partial charge on any atom is -0.480 e. The van der Waals surface area contributed by atoms with Crippen molar-refractivity contribution in [3.05, 3.63) is 35.9 Å². The number of benzene rings is 1. The number of carbonyl (C=O) groups is 4. The third kappa shape index (κ3) is 7.09. The monoisotopic (exact) mass is 448 g/mol. The van der Waals surface area contributed by atoms with Crippen molar-refractivity contribution >= 4 is 34.7 Å². The standard InChI is InChI=1S/C23H32N2O5S/c1-4-9-18-12-8-13-19(22(28)25(18)15(2)23(29)30)24-21(27)20(31-16(3)26)14-17-10-6-5-7-11-17/h5-7,10-11,15,18-20H,4,8-9,12-14H2,1-3H3,(H,24,27)(H,29,30)/t15?,18-,19-,20-/m1/s1. The normalized spacial score (nSPS) is 21.1. The van der Waals surface area contributed by atoms with Crippen LogP contribution < -0.4 is 5.32 Å². The van der Waals surface area contributed by atoms with Gasteiger partial charge in [-0.1, -0.05) is 55.4 Å². The van der Waals surface area contributed by atoms with Gasteiger partial charge in [0.15, 0.2) is 5.12 Å². The van der Waals surface area contributed by atoms with Crippen LogP contribution in [0.25, 0.3) is 0 Å². The number of carboxylic acids is 1. The number of hydrogen-bond acceptors (Lipinski definition) is 5. The molecule has 1 fully saturated rings. The summed E-state index contributed by atoms with van der Waals surface area (Å²) < 4.78 is 0. The zero-order valence-corrected chi connectivity index (χ0v) is 19.2. The largest absolute Gasteiger partial charge is 0.480 e. The summed E-state index contributed by atoms with van der Waals surface area (Å²) in [5.41, 5.74) is 0.924. The van der Waals surface area contributed by atoms with Crippen molar-refractivity contribution in [3.8, 4) is 0 Å². The van der Waals surface area contributed by atoms with Crippen LogP contribution in [0.1, 0.15) is 58.4 Å². The van der Waals surface area contributed by atoms with E-state index in [1.54, 1.807) is 0 Å². The topological polar surface area (TPSA) is 104 Å². The SMILES string of the molecule is CCC[C@@H]1CCC[C@@H](NC(=O)[C@@H](Cc2ccccc2)SC(C)=O)C(=O)N1C(C)C(=O)O. The molecular formula is C23H32N2O5S. The first kappa shape index (κ1) is 24.9. The van der Waals surface area contributed by atoms with Crippen molar-refractivity contribution in [2.75, 3.05) is 0 Å². The van der Waals surface area contributed by atoms with Gasteiger partial charge in [-0.2, -0.15) is 0 Å². The fourth-order valence-corrected chi connectivity index (χ4v) is 4.89. The number of amides is 2. The molecule has 7 nitrogen and oxygen atoms in total. The first-order chi connectivity index (χ1) is 14.7. The fourth-order valence-electron chi connectivity index (χ4n) is 4.04. The summed E-state index contributed by atoms with van der Waals surface area (Å²) in [6, 6.07) is 7.50. The van der Waals surface area contributed by atoms with Crippen molar-refractivity contribution in [3.63, 3.8) is 0 Å². The summed E-state index contributed by atoms with van der Waals surface area (Å²) in [7, 11) is 0. The fraction of sp³-hybridized carbons (Fsp3) is 0.565. The maximum atomic E-state index is 13.3. The van der Waals surface area contributed by atoms with Crippen LogP contribution in [0.3, 0.4) is 0 Å². The van der Waals surface area contributed by atoms with Crippen molar-refractivity contribution in [2.24, 2.45) is 0 Å². The molecule has 0 spiro atoms. The van der Waals surface area contributed by atoms with Gasteiger partial charge in [0.25, 0.3) is 0 Å². The van der Waals surface area contributed by atoms with Crippen molar-refractivity contribution in [2.45, 2.75) is 82.7 Å². The lowest BCUT2D eigenvalue weighted by Gasteiger charge is -2.35. The predicted molar refractivity (Wildman–Crippen MR) is 121 cm³/mol. The second kappa shape index (κ2) is 11.9. The molecule has 0 aromatic heterocycles. The van der Waals surface area contributed by atoms with Gasteiger partial charge in [-0.3, -0.25) is 14.4 Å². The van der Waals surface area contributed by atoms with Gasteiger partial charge in [0.1, 0.15) is 12.1 Å². The van der Waals surface area contributed by atoms with Crippen molar-refractivity contribution in [1.29, 1.82) is 0 Å². The molecule has 2 rings (SSSR count). The van der Waals surface area contributed by atoms with Crippen LogP contribution in [0.15, 0.2) is 30.3 Å². The molecule has 1 aromatic rings. The summed E-state index contributed by atoms with van der Waals surface area (Å²) in [4.78, 5) is 51.2. The smallest absolute Gasteiger partial charge is 0.326 e. The zero-order chi connectivity index (χ0) is 23.0. The average Bonchev–Trinajstić information content (AvgIpc) is 2.86. The number of hydrogen-bond donors (Lipinski definition) is 2. The van der Waals surface area contributed by atoms with E-state index in [1.807, 2.05) is 37.3 Å². The van der Waals surface area contributed by atoms with E-state index in [2.05, 4.69) is 5.32 Å². The highest BCUT2D eigenvalue weighted by Crippen LogP contribution is 2.25. The molecule has 1 heterocycles. The van der Waals surface area contributed by atoms with E-state index in [0.717, 1.165) is 30.2 Å². The number of thioether (sulfide) groups is 1. The third-order valence-electron chi connectivity index (χ3n) is 5.55. The quantitative estimate of drug-likeness (QED) is 0.602. The number of carboxylic acid groups (broad SMARTS) is 1. The van der Waals surface area contributed by atoms with Crippen LogP contribution in [-0.4, -0.2) is 56.3 Å². The van der Waals surface area contributed by atoms with Crippen molar-refractivity contribution in [1.82, 2.24) is 10.2 Å². The Hall–Kier alpha value is -2.35. The van der Waals surface area contributed by atoms with E-state index in [4.69, 9.17) is 0 Å². The van der Waals surface area contributed by atoms with E-state index in [1.165, 1.54) is 18.7 Å². The van der Waals surface area contributed by atoms with Gasteiger partial charge in [0, 0.05) is 13.0 Å². The number of nitrogens with one attached hydrogen (secondary N) is 1. The molecule has 31 heavy (non-hydrogen) atoms. The maximum Gasteiger partial charge on any atom is 0.326 e. The van der Waals surface area contributed by atoms with Gasteiger partial charge >= 0.3 is 5.97 Å². The number of rotatable bonds is 9. The molecule has 1 aromatic carbocycles. The van der Waals surface area contributed by atoms with Crippen LogP contribution in [-0.2, 0) is 25.6 Å². The minimum absolute atomic E-state index is 0.155. The second-order valence-electron chi connectivity index (χ2n) is 7.98. The number of nitrogens with zero attached hydrogens (tertiary/aromatic N) is 1. The van der Waals surface area contributed by atoms with E-state index in [0.29, 0.717) is 25.7 Å². The Morgan fingerprint density at radius 1 is 1.23 bits per heavy atom. The van der Waals surface area contributed by atoms with Gasteiger partial charge in [0.2, 0.25) is 11.8 Å². The lowest BCUT2D eigenvalue weighted by atomic mass is 10.0. The van der Waals surface area contributed by atoms with E-state index in [9.17, 15) is 24.3 Å². The Balaban J connectivity index is 2.20. The Labute approximate surface area is 188 Å². The molecule has 4 atom stereocenters. The molecule has 1 aliphatic rings. The highest BCUT2D eigenvalue weighted by atomic mass is 32.2. The van der Waals surface area contributed by atoms with Gasteiger partial charge < -0.3 is 15.3 Å². The third-order valence-corrected chi connectivity index (χ3v) is 6.55. The summed E-state index contributed by atoms with van der Waals surface area (Å²) >= 11 is 0.948. The number of likely N-dealkylation sites (tertiary alicyclic amines) is 1. The molecule has 170 valence electrons. The van der Waals surface area contributed by atoms with Gasteiger partial charge in [-0.25, -0.2) is 4.79 Å². The average molecular weight is 449 g/mol. The van der Waals surface area contributed by atoms with Crippen molar-refractivity contribution < 1.29 is 24.3 Å². The van der Waals surface area contributed by atoms with Gasteiger partial charge in [-0.15, -0.1) is 0 Å². The molecule has 0 saturated carbocycles. The molecule has 0 aliphatic carbocycles. The first-order valence-corrected chi connectivity index (χ1v) is 11.7. The highest BCUT2D eigenvalue weighted by Gasteiger charge is 2.39. The molecule has 1 saturated heterocycles. The lowest BCUT2D eigenvalue weighted by molar-refractivity contribution is -0.152. The molecule has 8 heteroatoms. The highest BCUT2D eigenvalue weighted by molar-refractivity contribution is 8.14. The van der Waals surface area contributed by atoms with Gasteiger partial charge in [0.05, 0.1) is 5.25 Å². The molecule has 0 radical (unpaired) electrons. The number of aliphatic carboxylic acids is 1. The Morgan fingerprint density at radius 2 is 1.90 bits per heavy atom. The summed E-state index contributed by atoms with van der Waals surface area (Å²) in [5, 5.41) is 11.5.